The van der Waals surface area contributed by atoms with Gasteiger partial charge in [0.05, 0.1) is 16.4 Å². The molecule has 0 spiro atoms. The van der Waals surface area contributed by atoms with Crippen molar-refractivity contribution in [2.24, 2.45) is 0 Å². The van der Waals surface area contributed by atoms with E-state index in [1.807, 2.05) is 0 Å². The lowest BCUT2D eigenvalue weighted by Gasteiger charge is -2.45. The van der Waals surface area contributed by atoms with E-state index in [9.17, 15) is 0 Å². The van der Waals surface area contributed by atoms with Crippen LogP contribution in [0.1, 0.15) is 49.7 Å². The molecule has 0 N–H and O–H groups in total. The molecule has 284 valence electrons. The number of benzene rings is 8. The van der Waals surface area contributed by atoms with E-state index in [4.69, 9.17) is 11.6 Å². The Hall–Kier alpha value is -6.29. The Morgan fingerprint density at radius 3 is 1.95 bits per heavy atom. The third-order valence-electron chi connectivity index (χ3n) is 12.5. The molecule has 8 aromatic carbocycles. The lowest BCUT2D eigenvalue weighted by molar-refractivity contribution is 0.291. The molecule has 1 fully saturated rings. The van der Waals surface area contributed by atoms with Crippen LogP contribution in [0, 0.1) is 6.92 Å². The summed E-state index contributed by atoms with van der Waals surface area (Å²) >= 11 is 7.83. The second kappa shape index (κ2) is 14.9. The van der Waals surface area contributed by atoms with Gasteiger partial charge in [0.25, 0.3) is 0 Å². The lowest BCUT2D eigenvalue weighted by atomic mass is 9.73. The molecule has 1 aliphatic carbocycles. The summed E-state index contributed by atoms with van der Waals surface area (Å²) in [5, 5.41) is 3.23. The van der Waals surface area contributed by atoms with Crippen LogP contribution in [0.2, 0.25) is 5.02 Å². The highest BCUT2D eigenvalue weighted by Crippen LogP contribution is 2.59. The topological polar surface area (TPSA) is 9.72 Å². The van der Waals surface area contributed by atoms with Gasteiger partial charge in [0.2, 0.25) is 0 Å². The SMILES string of the molecule is Cc1cc(N(c2ccccc2)c2cccc(N(c3ccccc3)c3cccc(-c4cccc5ccccc45)c3)c2)c(Cl)c(N2c3ccccc3C3CCCCC32C)c1. The molecule has 1 aliphatic heterocycles. The van der Waals surface area contributed by atoms with Gasteiger partial charge in [0.15, 0.2) is 0 Å². The number of para-hydroxylation sites is 3. The molecule has 0 radical (unpaired) electrons. The van der Waals surface area contributed by atoms with Crippen molar-refractivity contribution in [3.8, 4) is 11.1 Å². The summed E-state index contributed by atoms with van der Waals surface area (Å²) in [5.74, 6) is 0.475. The molecule has 2 unspecified atom stereocenters. The van der Waals surface area contributed by atoms with Gasteiger partial charge in [0, 0.05) is 45.6 Å². The Labute approximate surface area is 347 Å². The first-order valence-corrected chi connectivity index (χ1v) is 20.9. The van der Waals surface area contributed by atoms with Crippen LogP contribution >= 0.6 is 11.6 Å². The van der Waals surface area contributed by atoms with Gasteiger partial charge in [-0.25, -0.2) is 0 Å². The van der Waals surface area contributed by atoms with Crippen LogP contribution in [0.4, 0.5) is 45.5 Å². The smallest absolute Gasteiger partial charge is 0.0883 e. The van der Waals surface area contributed by atoms with Gasteiger partial charge in [-0.05, 0) is 133 Å². The first-order chi connectivity index (χ1) is 28.5. The van der Waals surface area contributed by atoms with Gasteiger partial charge in [-0.3, -0.25) is 0 Å². The molecule has 4 heteroatoms. The summed E-state index contributed by atoms with van der Waals surface area (Å²) in [7, 11) is 0. The van der Waals surface area contributed by atoms with Crippen molar-refractivity contribution < 1.29 is 0 Å². The molecule has 8 aromatic rings. The minimum atomic E-state index is -0.0507. The molecule has 3 nitrogen and oxygen atoms in total. The maximum Gasteiger partial charge on any atom is 0.0883 e. The third-order valence-corrected chi connectivity index (χ3v) is 12.9. The van der Waals surface area contributed by atoms with Crippen LogP contribution in [-0.4, -0.2) is 5.54 Å². The average molecular weight is 772 g/mol. The highest BCUT2D eigenvalue weighted by molar-refractivity contribution is 6.36. The number of fused-ring (bicyclic) bond motifs is 4. The monoisotopic (exact) mass is 771 g/mol. The zero-order chi connectivity index (χ0) is 39.2. The minimum absolute atomic E-state index is 0.0507. The van der Waals surface area contributed by atoms with Crippen molar-refractivity contribution in [3.63, 3.8) is 0 Å². The zero-order valence-corrected chi connectivity index (χ0v) is 33.8. The number of anilines is 8. The fourth-order valence-corrected chi connectivity index (χ4v) is 10.2. The second-order valence-corrected chi connectivity index (χ2v) is 16.5. The Kier molecular flexibility index (Phi) is 9.27. The van der Waals surface area contributed by atoms with Crippen LogP contribution in [-0.2, 0) is 0 Å². The quantitative estimate of drug-likeness (QED) is 0.152. The average Bonchev–Trinajstić information content (AvgIpc) is 3.54. The summed E-state index contributed by atoms with van der Waals surface area (Å²) in [6, 6.07) is 67.8. The van der Waals surface area contributed by atoms with E-state index in [1.165, 1.54) is 58.0 Å². The molecule has 1 saturated carbocycles. The van der Waals surface area contributed by atoms with Crippen molar-refractivity contribution in [1.82, 2.24) is 0 Å². The molecule has 1 heterocycles. The zero-order valence-electron chi connectivity index (χ0n) is 33.0. The molecule has 10 rings (SSSR count). The summed E-state index contributed by atoms with van der Waals surface area (Å²) in [4.78, 5) is 7.28. The van der Waals surface area contributed by atoms with Crippen LogP contribution in [0.3, 0.4) is 0 Å². The van der Waals surface area contributed by atoms with Gasteiger partial charge < -0.3 is 14.7 Å². The molecular weight excluding hydrogens is 726 g/mol. The summed E-state index contributed by atoms with van der Waals surface area (Å²) < 4.78 is 0. The summed E-state index contributed by atoms with van der Waals surface area (Å²) in [5.41, 5.74) is 13.6. The Morgan fingerprint density at radius 2 is 1.16 bits per heavy atom. The fraction of sp³-hybridized carbons (Fsp3) is 0.148. The normalized spacial score (nSPS) is 17.2. The van der Waals surface area contributed by atoms with Crippen LogP contribution in [0.25, 0.3) is 21.9 Å². The van der Waals surface area contributed by atoms with Crippen molar-refractivity contribution in [2.45, 2.75) is 51.0 Å². The van der Waals surface area contributed by atoms with E-state index >= 15 is 0 Å². The highest BCUT2D eigenvalue weighted by atomic mass is 35.5. The maximum atomic E-state index is 7.83. The van der Waals surface area contributed by atoms with Crippen molar-refractivity contribution in [3.05, 3.63) is 204 Å². The first kappa shape index (κ1) is 36.1. The van der Waals surface area contributed by atoms with E-state index in [0.717, 1.165) is 51.3 Å². The van der Waals surface area contributed by atoms with Crippen molar-refractivity contribution in [1.29, 1.82) is 0 Å². The number of hydrogen-bond acceptors (Lipinski definition) is 3. The number of hydrogen-bond donors (Lipinski definition) is 0. The molecular formula is C54H46ClN3. The third kappa shape index (κ3) is 6.22. The Morgan fingerprint density at radius 1 is 0.552 bits per heavy atom. The van der Waals surface area contributed by atoms with E-state index in [1.54, 1.807) is 0 Å². The predicted molar refractivity (Wildman–Crippen MR) is 247 cm³/mol. The number of rotatable bonds is 8. The largest absolute Gasteiger partial charge is 0.333 e. The molecule has 0 amide bonds. The Balaban J connectivity index is 1.12. The molecule has 2 atom stereocenters. The minimum Gasteiger partial charge on any atom is -0.333 e. The summed E-state index contributed by atoms with van der Waals surface area (Å²) in [6.45, 7) is 4.66. The number of halogens is 1. The van der Waals surface area contributed by atoms with Crippen molar-refractivity contribution in [2.75, 3.05) is 14.7 Å². The van der Waals surface area contributed by atoms with Crippen LogP contribution < -0.4 is 14.7 Å². The number of aryl methyl sites for hydroxylation is 1. The molecule has 0 saturated heterocycles. The standard InChI is InChI=1S/C54H46ClN3/c1-38-34-51(53(55)52(35-38)58-50-32-12-11-29-48(50)49-31-13-14-33-54(49,58)2)57(42-23-7-4-8-24-42)45-27-17-26-44(37-45)56(41-21-5-3-6-22-41)43-25-15-20-40(36-43)47-30-16-19-39-18-9-10-28-46(39)47/h3-12,15-30,32,34-37,49H,13-14,31,33H2,1-2H3. The van der Waals surface area contributed by atoms with E-state index in [0.29, 0.717) is 5.92 Å². The van der Waals surface area contributed by atoms with Crippen LogP contribution in [0.15, 0.2) is 188 Å². The van der Waals surface area contributed by atoms with E-state index in [2.05, 4.69) is 217 Å². The van der Waals surface area contributed by atoms with Gasteiger partial charge in [-0.2, -0.15) is 0 Å². The van der Waals surface area contributed by atoms with E-state index < -0.39 is 0 Å². The van der Waals surface area contributed by atoms with Gasteiger partial charge in [0.1, 0.15) is 0 Å². The van der Waals surface area contributed by atoms with Gasteiger partial charge in [-0.1, -0.05) is 140 Å². The predicted octanol–water partition coefficient (Wildman–Crippen LogP) is 16.0. The molecule has 2 aliphatic rings. The maximum absolute atomic E-state index is 7.83. The van der Waals surface area contributed by atoms with E-state index in [-0.39, 0.29) is 5.54 Å². The fourth-order valence-electron chi connectivity index (χ4n) is 9.89. The first-order valence-electron chi connectivity index (χ1n) is 20.6. The van der Waals surface area contributed by atoms with Gasteiger partial charge >= 0.3 is 0 Å². The summed E-state index contributed by atoms with van der Waals surface area (Å²) in [6.07, 6.45) is 4.82. The molecule has 0 aromatic heterocycles. The number of nitrogens with zero attached hydrogens (tertiary/aromatic N) is 3. The lowest BCUT2D eigenvalue weighted by Crippen LogP contribution is -2.45. The molecule has 0 bridgehead atoms. The Bertz CT molecular complexity index is 2760. The van der Waals surface area contributed by atoms with Crippen molar-refractivity contribution >= 4 is 67.9 Å². The van der Waals surface area contributed by atoms with Crippen LogP contribution in [0.5, 0.6) is 0 Å². The molecule has 58 heavy (non-hydrogen) atoms. The second-order valence-electron chi connectivity index (χ2n) is 16.1. The van der Waals surface area contributed by atoms with Gasteiger partial charge in [-0.15, -0.1) is 0 Å². The highest BCUT2D eigenvalue weighted by Gasteiger charge is 2.50.